The standard InChI is InChI=1S/C24H25ClN4O2/c1-16-3-5-17(6-4-16)20-14-23(27-15-26-20)29-11-9-18(10-12-29)24(30)28-21-13-19(25)7-8-22(21)31-2/h3-8,13-15,18H,9-12H2,1-2H3,(H,28,30). The Labute approximate surface area is 187 Å². The first kappa shape index (κ1) is 21.1. The van der Waals surface area contributed by atoms with Gasteiger partial charge in [0, 0.05) is 35.7 Å². The van der Waals surface area contributed by atoms with E-state index in [1.165, 1.54) is 5.56 Å². The maximum absolute atomic E-state index is 12.8. The van der Waals surface area contributed by atoms with E-state index in [1.54, 1.807) is 31.6 Å². The molecule has 1 fully saturated rings. The van der Waals surface area contributed by atoms with Crippen LogP contribution in [-0.4, -0.2) is 36.1 Å². The normalized spacial score (nSPS) is 14.4. The molecule has 1 aliphatic heterocycles. The van der Waals surface area contributed by atoms with Crippen LogP contribution in [0, 0.1) is 12.8 Å². The zero-order chi connectivity index (χ0) is 21.8. The second kappa shape index (κ2) is 9.35. The van der Waals surface area contributed by atoms with Gasteiger partial charge >= 0.3 is 0 Å². The number of ether oxygens (including phenoxy) is 1. The number of nitrogens with one attached hydrogen (secondary N) is 1. The van der Waals surface area contributed by atoms with Crippen LogP contribution in [0.4, 0.5) is 11.5 Å². The van der Waals surface area contributed by atoms with Gasteiger partial charge in [0.15, 0.2) is 0 Å². The molecule has 1 aromatic heterocycles. The van der Waals surface area contributed by atoms with Gasteiger partial charge in [-0.2, -0.15) is 0 Å². The Kier molecular flexibility index (Phi) is 6.37. The summed E-state index contributed by atoms with van der Waals surface area (Å²) < 4.78 is 5.32. The topological polar surface area (TPSA) is 67.3 Å². The second-order valence-electron chi connectivity index (χ2n) is 7.72. The fourth-order valence-electron chi connectivity index (χ4n) is 3.79. The Hall–Kier alpha value is -3.12. The van der Waals surface area contributed by atoms with Gasteiger partial charge in [-0.1, -0.05) is 41.4 Å². The SMILES string of the molecule is COc1ccc(Cl)cc1NC(=O)C1CCN(c2cc(-c3ccc(C)cc3)ncn2)CC1. The van der Waals surface area contributed by atoms with Crippen LogP contribution in [0.5, 0.6) is 5.75 Å². The van der Waals surface area contributed by atoms with Crippen molar-refractivity contribution in [3.8, 4) is 17.0 Å². The van der Waals surface area contributed by atoms with Crippen LogP contribution < -0.4 is 15.0 Å². The number of anilines is 2. The number of nitrogens with zero attached hydrogens (tertiary/aromatic N) is 3. The number of piperidine rings is 1. The van der Waals surface area contributed by atoms with E-state index in [4.69, 9.17) is 16.3 Å². The van der Waals surface area contributed by atoms with E-state index in [0.29, 0.717) is 16.5 Å². The number of halogens is 1. The van der Waals surface area contributed by atoms with Gasteiger partial charge in [-0.15, -0.1) is 0 Å². The molecule has 160 valence electrons. The summed E-state index contributed by atoms with van der Waals surface area (Å²) in [6, 6.07) is 15.5. The van der Waals surface area contributed by atoms with Crippen molar-refractivity contribution in [1.82, 2.24) is 9.97 Å². The molecule has 1 N–H and O–H groups in total. The summed E-state index contributed by atoms with van der Waals surface area (Å²) in [6.45, 7) is 3.59. The van der Waals surface area contributed by atoms with E-state index in [-0.39, 0.29) is 11.8 Å². The minimum atomic E-state index is -0.0710. The molecule has 1 amide bonds. The Bertz CT molecular complexity index is 1060. The van der Waals surface area contributed by atoms with E-state index in [9.17, 15) is 4.79 Å². The van der Waals surface area contributed by atoms with Gasteiger partial charge in [0.25, 0.3) is 0 Å². The molecule has 1 saturated heterocycles. The molecule has 0 bridgehead atoms. The average Bonchev–Trinajstić information content (AvgIpc) is 2.80. The number of hydrogen-bond donors (Lipinski definition) is 1. The van der Waals surface area contributed by atoms with Gasteiger partial charge in [0.05, 0.1) is 18.5 Å². The highest BCUT2D eigenvalue weighted by molar-refractivity contribution is 6.31. The fraction of sp³-hybridized carbons (Fsp3) is 0.292. The number of methoxy groups -OCH3 is 1. The lowest BCUT2D eigenvalue weighted by molar-refractivity contribution is -0.120. The van der Waals surface area contributed by atoms with Crippen molar-refractivity contribution in [3.05, 3.63) is 65.4 Å². The molecular weight excluding hydrogens is 412 g/mol. The average molecular weight is 437 g/mol. The second-order valence-corrected chi connectivity index (χ2v) is 8.16. The van der Waals surface area contributed by atoms with Crippen molar-refractivity contribution >= 4 is 29.0 Å². The summed E-state index contributed by atoms with van der Waals surface area (Å²) in [5.41, 5.74) is 3.78. The first-order chi connectivity index (χ1) is 15.0. The smallest absolute Gasteiger partial charge is 0.227 e. The number of rotatable bonds is 5. The lowest BCUT2D eigenvalue weighted by Crippen LogP contribution is -2.38. The van der Waals surface area contributed by atoms with Crippen molar-refractivity contribution in [2.45, 2.75) is 19.8 Å². The number of carbonyl (C=O) groups is 1. The molecule has 6 nitrogen and oxygen atoms in total. The minimum absolute atomic E-state index is 0.0109. The number of amides is 1. The summed E-state index contributed by atoms with van der Waals surface area (Å²) in [5, 5.41) is 3.52. The Morgan fingerprint density at radius 2 is 1.84 bits per heavy atom. The molecule has 7 heteroatoms. The predicted molar refractivity (Wildman–Crippen MR) is 124 cm³/mol. The maximum atomic E-state index is 12.8. The van der Waals surface area contributed by atoms with Gasteiger partial charge in [-0.25, -0.2) is 9.97 Å². The summed E-state index contributed by atoms with van der Waals surface area (Å²) in [7, 11) is 1.57. The zero-order valence-electron chi connectivity index (χ0n) is 17.6. The van der Waals surface area contributed by atoms with E-state index in [1.807, 2.05) is 6.07 Å². The monoisotopic (exact) mass is 436 g/mol. The minimum Gasteiger partial charge on any atom is -0.495 e. The number of aromatic nitrogens is 2. The van der Waals surface area contributed by atoms with Crippen molar-refractivity contribution in [2.24, 2.45) is 5.92 Å². The lowest BCUT2D eigenvalue weighted by Gasteiger charge is -2.32. The Morgan fingerprint density at radius 3 is 2.55 bits per heavy atom. The Balaban J connectivity index is 1.40. The highest BCUT2D eigenvalue weighted by atomic mass is 35.5. The number of carbonyl (C=O) groups excluding carboxylic acids is 1. The molecule has 0 atom stereocenters. The van der Waals surface area contributed by atoms with Crippen molar-refractivity contribution in [2.75, 3.05) is 30.4 Å². The van der Waals surface area contributed by atoms with Gasteiger partial charge in [-0.05, 0) is 38.0 Å². The van der Waals surface area contributed by atoms with E-state index >= 15 is 0 Å². The third-order valence-electron chi connectivity index (χ3n) is 5.61. The third kappa shape index (κ3) is 4.97. The summed E-state index contributed by atoms with van der Waals surface area (Å²) in [5.74, 6) is 1.40. The lowest BCUT2D eigenvalue weighted by atomic mass is 9.95. The largest absolute Gasteiger partial charge is 0.495 e. The summed E-state index contributed by atoms with van der Waals surface area (Å²) in [6.07, 6.45) is 3.10. The molecule has 3 aromatic rings. The van der Waals surface area contributed by atoms with Crippen molar-refractivity contribution < 1.29 is 9.53 Å². The van der Waals surface area contributed by atoms with Crippen LogP contribution in [0.25, 0.3) is 11.3 Å². The first-order valence-corrected chi connectivity index (χ1v) is 10.7. The van der Waals surface area contributed by atoms with Crippen LogP contribution >= 0.6 is 11.6 Å². The summed E-state index contributed by atoms with van der Waals surface area (Å²) in [4.78, 5) is 23.9. The number of benzene rings is 2. The van der Waals surface area contributed by atoms with E-state index < -0.39 is 0 Å². The zero-order valence-corrected chi connectivity index (χ0v) is 18.4. The van der Waals surface area contributed by atoms with Crippen LogP contribution in [0.3, 0.4) is 0 Å². The molecule has 0 unspecified atom stereocenters. The highest BCUT2D eigenvalue weighted by Crippen LogP contribution is 2.30. The number of hydrogen-bond acceptors (Lipinski definition) is 5. The van der Waals surface area contributed by atoms with Gasteiger partial charge in [0.2, 0.25) is 5.91 Å². The molecule has 2 heterocycles. The molecule has 4 rings (SSSR count). The fourth-order valence-corrected chi connectivity index (χ4v) is 3.96. The first-order valence-electron chi connectivity index (χ1n) is 10.3. The number of aryl methyl sites for hydroxylation is 1. The third-order valence-corrected chi connectivity index (χ3v) is 5.84. The van der Waals surface area contributed by atoms with Gasteiger partial charge in [0.1, 0.15) is 17.9 Å². The van der Waals surface area contributed by atoms with Crippen molar-refractivity contribution in [3.63, 3.8) is 0 Å². The Morgan fingerprint density at radius 1 is 1.10 bits per heavy atom. The molecule has 0 radical (unpaired) electrons. The maximum Gasteiger partial charge on any atom is 0.227 e. The van der Waals surface area contributed by atoms with E-state index in [0.717, 1.165) is 43.0 Å². The van der Waals surface area contributed by atoms with E-state index in [2.05, 4.69) is 51.4 Å². The molecule has 0 spiro atoms. The molecule has 0 aliphatic carbocycles. The van der Waals surface area contributed by atoms with Crippen LogP contribution in [0.2, 0.25) is 5.02 Å². The predicted octanol–water partition coefficient (Wildman–Crippen LogP) is 4.97. The molecule has 1 aliphatic rings. The van der Waals surface area contributed by atoms with Crippen molar-refractivity contribution in [1.29, 1.82) is 0 Å². The van der Waals surface area contributed by atoms with Gasteiger partial charge in [-0.3, -0.25) is 4.79 Å². The van der Waals surface area contributed by atoms with Crippen LogP contribution in [0.15, 0.2) is 54.9 Å². The van der Waals surface area contributed by atoms with Crippen LogP contribution in [0.1, 0.15) is 18.4 Å². The quantitative estimate of drug-likeness (QED) is 0.611. The molecular formula is C24H25ClN4O2. The molecule has 31 heavy (non-hydrogen) atoms. The molecule has 0 saturated carbocycles. The molecule has 2 aromatic carbocycles. The highest BCUT2D eigenvalue weighted by Gasteiger charge is 2.26. The summed E-state index contributed by atoms with van der Waals surface area (Å²) >= 11 is 6.07. The van der Waals surface area contributed by atoms with Gasteiger partial charge < -0.3 is 15.0 Å². The van der Waals surface area contributed by atoms with Crippen LogP contribution in [-0.2, 0) is 4.79 Å².